The topological polar surface area (TPSA) is 50.4 Å². The average Bonchev–Trinajstić information content (AvgIpc) is 2.65. The molecule has 1 fully saturated rings. The molecule has 0 aromatic carbocycles. The van der Waals surface area contributed by atoms with E-state index in [1.165, 1.54) is 0 Å². The lowest BCUT2D eigenvalue weighted by Crippen LogP contribution is -2.32. The fourth-order valence-corrected chi connectivity index (χ4v) is 1.55. The Hall–Kier alpha value is -0.320. The zero-order valence-electron chi connectivity index (χ0n) is 9.25. The predicted molar refractivity (Wildman–Crippen MR) is 62.3 cm³/mol. The summed E-state index contributed by atoms with van der Waals surface area (Å²) in [6.45, 7) is 6.14. The van der Waals surface area contributed by atoms with Gasteiger partial charge >= 0.3 is 0 Å². The van der Waals surface area contributed by atoms with Gasteiger partial charge < -0.3 is 15.4 Å². The molecule has 1 aliphatic rings. The molecule has 5 heteroatoms. The number of nitrogens with one attached hydrogen (secondary N) is 2. The van der Waals surface area contributed by atoms with E-state index < -0.39 is 0 Å². The van der Waals surface area contributed by atoms with Gasteiger partial charge in [-0.15, -0.1) is 12.4 Å². The highest BCUT2D eigenvalue weighted by atomic mass is 35.5. The molecule has 1 amide bonds. The molecule has 1 aliphatic heterocycles. The smallest absolute Gasteiger partial charge is 0.220 e. The van der Waals surface area contributed by atoms with Crippen molar-refractivity contribution in [2.75, 3.05) is 32.8 Å². The van der Waals surface area contributed by atoms with Gasteiger partial charge in [-0.3, -0.25) is 4.79 Å². The van der Waals surface area contributed by atoms with Gasteiger partial charge in [0.05, 0.1) is 0 Å². The van der Waals surface area contributed by atoms with Crippen LogP contribution >= 0.6 is 12.4 Å². The second kappa shape index (κ2) is 8.95. The zero-order chi connectivity index (χ0) is 10.2. The van der Waals surface area contributed by atoms with Crippen LogP contribution in [0.1, 0.15) is 19.8 Å². The molecule has 15 heavy (non-hydrogen) atoms. The predicted octanol–water partition coefficient (Wildman–Crippen LogP) is 0.560. The molecule has 1 heterocycles. The molecule has 0 aliphatic carbocycles. The lowest BCUT2D eigenvalue weighted by molar-refractivity contribution is -0.122. The van der Waals surface area contributed by atoms with E-state index in [0.29, 0.717) is 12.3 Å². The Kier molecular flexibility index (Phi) is 8.76. The summed E-state index contributed by atoms with van der Waals surface area (Å²) in [5.74, 6) is 0.590. The van der Waals surface area contributed by atoms with Crippen LogP contribution in [0.25, 0.3) is 0 Å². The first-order chi connectivity index (χ1) is 6.83. The Morgan fingerprint density at radius 2 is 2.27 bits per heavy atom. The zero-order valence-corrected chi connectivity index (χ0v) is 10.1. The molecule has 2 N–H and O–H groups in total. The highest BCUT2D eigenvalue weighted by Gasteiger charge is 2.18. The van der Waals surface area contributed by atoms with Crippen molar-refractivity contribution in [1.29, 1.82) is 0 Å². The first-order valence-electron chi connectivity index (χ1n) is 5.38. The quantitative estimate of drug-likeness (QED) is 0.663. The number of likely N-dealkylation sites (N-methyl/N-ethyl adjacent to an activating group) is 1. The Morgan fingerprint density at radius 1 is 1.47 bits per heavy atom. The van der Waals surface area contributed by atoms with E-state index >= 15 is 0 Å². The largest absolute Gasteiger partial charge is 0.381 e. The van der Waals surface area contributed by atoms with Crippen molar-refractivity contribution in [3.8, 4) is 0 Å². The minimum absolute atomic E-state index is 0. The van der Waals surface area contributed by atoms with Crippen molar-refractivity contribution in [3.63, 3.8) is 0 Å². The number of hydrogen-bond donors (Lipinski definition) is 2. The van der Waals surface area contributed by atoms with Crippen molar-refractivity contribution in [2.24, 2.45) is 5.92 Å². The lowest BCUT2D eigenvalue weighted by atomic mass is 10.1. The molecular weight excluding hydrogens is 216 g/mol. The number of halogens is 1. The highest BCUT2D eigenvalue weighted by Crippen LogP contribution is 2.15. The molecule has 0 aromatic heterocycles. The number of carbonyl (C=O) groups is 1. The summed E-state index contributed by atoms with van der Waals surface area (Å²) in [7, 11) is 0. The summed E-state index contributed by atoms with van der Waals surface area (Å²) >= 11 is 0. The summed E-state index contributed by atoms with van der Waals surface area (Å²) < 4.78 is 5.21. The molecule has 0 radical (unpaired) electrons. The SMILES string of the molecule is CCNCCNC(=O)CC1CCOC1.Cl. The third-order valence-corrected chi connectivity index (χ3v) is 2.37. The molecule has 1 saturated heterocycles. The van der Waals surface area contributed by atoms with E-state index in [2.05, 4.69) is 17.6 Å². The number of carbonyl (C=O) groups excluding carboxylic acids is 1. The first-order valence-corrected chi connectivity index (χ1v) is 5.38. The van der Waals surface area contributed by atoms with E-state index in [9.17, 15) is 4.79 Å². The van der Waals surface area contributed by atoms with Crippen molar-refractivity contribution in [1.82, 2.24) is 10.6 Å². The molecule has 0 spiro atoms. The number of amides is 1. The fourth-order valence-electron chi connectivity index (χ4n) is 1.55. The summed E-state index contributed by atoms with van der Waals surface area (Å²) in [5, 5.41) is 6.05. The van der Waals surface area contributed by atoms with E-state index in [0.717, 1.165) is 39.3 Å². The highest BCUT2D eigenvalue weighted by molar-refractivity contribution is 5.85. The van der Waals surface area contributed by atoms with E-state index in [1.54, 1.807) is 0 Å². The van der Waals surface area contributed by atoms with Gasteiger partial charge in [-0.25, -0.2) is 0 Å². The second-order valence-corrected chi connectivity index (χ2v) is 3.64. The van der Waals surface area contributed by atoms with Crippen molar-refractivity contribution >= 4 is 18.3 Å². The normalized spacial score (nSPS) is 19.7. The second-order valence-electron chi connectivity index (χ2n) is 3.64. The third-order valence-electron chi connectivity index (χ3n) is 2.37. The van der Waals surface area contributed by atoms with Crippen LogP contribution in [-0.4, -0.2) is 38.8 Å². The van der Waals surface area contributed by atoms with Gasteiger partial charge in [0.2, 0.25) is 5.91 Å². The maximum atomic E-state index is 11.4. The summed E-state index contributed by atoms with van der Waals surface area (Å²) in [6, 6.07) is 0. The van der Waals surface area contributed by atoms with Crippen LogP contribution in [0.4, 0.5) is 0 Å². The van der Waals surface area contributed by atoms with Crippen LogP contribution in [-0.2, 0) is 9.53 Å². The van der Waals surface area contributed by atoms with Crippen LogP contribution in [0.2, 0.25) is 0 Å². The Morgan fingerprint density at radius 3 is 2.87 bits per heavy atom. The molecule has 90 valence electrons. The Labute approximate surface area is 97.5 Å². The molecule has 0 bridgehead atoms. The summed E-state index contributed by atoms with van der Waals surface area (Å²) in [5.41, 5.74) is 0. The van der Waals surface area contributed by atoms with Gasteiger partial charge in [-0.05, 0) is 18.9 Å². The van der Waals surface area contributed by atoms with Crippen molar-refractivity contribution < 1.29 is 9.53 Å². The van der Waals surface area contributed by atoms with Crippen LogP contribution in [0.5, 0.6) is 0 Å². The van der Waals surface area contributed by atoms with Gasteiger partial charge in [0, 0.05) is 32.7 Å². The Bertz CT molecular complexity index is 173. The van der Waals surface area contributed by atoms with Gasteiger partial charge in [0.15, 0.2) is 0 Å². The fraction of sp³-hybridized carbons (Fsp3) is 0.900. The minimum atomic E-state index is 0. The number of hydrogen-bond acceptors (Lipinski definition) is 3. The molecule has 0 aromatic rings. The van der Waals surface area contributed by atoms with Crippen LogP contribution in [0.3, 0.4) is 0 Å². The van der Waals surface area contributed by atoms with E-state index in [4.69, 9.17) is 4.74 Å². The van der Waals surface area contributed by atoms with Gasteiger partial charge in [-0.2, -0.15) is 0 Å². The Balaban J connectivity index is 0.00000196. The molecular formula is C10H21ClN2O2. The minimum Gasteiger partial charge on any atom is -0.381 e. The standard InChI is InChI=1S/C10H20N2O2.ClH/c1-2-11-4-5-12-10(13)7-9-3-6-14-8-9;/h9,11H,2-8H2,1H3,(H,12,13);1H. The average molecular weight is 237 g/mol. The molecule has 4 nitrogen and oxygen atoms in total. The summed E-state index contributed by atoms with van der Waals surface area (Å²) in [4.78, 5) is 11.4. The van der Waals surface area contributed by atoms with Crippen LogP contribution < -0.4 is 10.6 Å². The third kappa shape index (κ3) is 6.71. The van der Waals surface area contributed by atoms with E-state index in [-0.39, 0.29) is 18.3 Å². The van der Waals surface area contributed by atoms with Crippen LogP contribution in [0, 0.1) is 5.92 Å². The molecule has 1 rings (SSSR count). The van der Waals surface area contributed by atoms with Gasteiger partial charge in [0.1, 0.15) is 0 Å². The maximum absolute atomic E-state index is 11.4. The summed E-state index contributed by atoms with van der Waals surface area (Å²) in [6.07, 6.45) is 1.65. The number of rotatable bonds is 6. The molecule has 0 saturated carbocycles. The van der Waals surface area contributed by atoms with Gasteiger partial charge in [-0.1, -0.05) is 6.92 Å². The van der Waals surface area contributed by atoms with Crippen LogP contribution in [0.15, 0.2) is 0 Å². The van der Waals surface area contributed by atoms with Gasteiger partial charge in [0.25, 0.3) is 0 Å². The maximum Gasteiger partial charge on any atom is 0.220 e. The van der Waals surface area contributed by atoms with Crippen molar-refractivity contribution in [2.45, 2.75) is 19.8 Å². The van der Waals surface area contributed by atoms with E-state index in [1.807, 2.05) is 0 Å². The number of ether oxygens (including phenoxy) is 1. The molecule has 1 unspecified atom stereocenters. The monoisotopic (exact) mass is 236 g/mol. The first kappa shape index (κ1) is 14.7. The molecule has 1 atom stereocenters. The van der Waals surface area contributed by atoms with Crippen molar-refractivity contribution in [3.05, 3.63) is 0 Å². The lowest BCUT2D eigenvalue weighted by Gasteiger charge is -2.08.